The Kier molecular flexibility index (Phi) is 5.71. The van der Waals surface area contributed by atoms with E-state index in [0.29, 0.717) is 5.56 Å². The van der Waals surface area contributed by atoms with Crippen molar-refractivity contribution < 1.29 is 9.18 Å². The third kappa shape index (κ3) is 4.28. The normalized spacial score (nSPS) is 12.0. The molecule has 0 saturated heterocycles. The molecule has 6 heteroatoms. The summed E-state index contributed by atoms with van der Waals surface area (Å²) in [5.74, 6) is -0.476. The Morgan fingerprint density at radius 1 is 1.30 bits per heavy atom. The van der Waals surface area contributed by atoms with Crippen LogP contribution in [-0.4, -0.2) is 22.4 Å². The molecule has 2 rings (SSSR count). The third-order valence-corrected chi connectivity index (χ3v) is 4.31. The highest BCUT2D eigenvalue weighted by Gasteiger charge is 2.19. The Labute approximate surface area is 142 Å². The monoisotopic (exact) mass is 380 g/mol. The van der Waals surface area contributed by atoms with Crippen molar-refractivity contribution in [2.75, 3.05) is 7.05 Å². The van der Waals surface area contributed by atoms with Crippen molar-refractivity contribution in [3.8, 4) is 0 Å². The fourth-order valence-electron chi connectivity index (χ4n) is 2.31. The fourth-order valence-corrected chi connectivity index (χ4v) is 2.69. The zero-order valence-electron chi connectivity index (χ0n) is 13.0. The molecule has 0 aliphatic carbocycles. The van der Waals surface area contributed by atoms with Crippen LogP contribution in [0.3, 0.4) is 0 Å². The number of hydrogen-bond donors (Lipinski definition) is 0. The number of halogens is 2. The average molecular weight is 381 g/mol. The van der Waals surface area contributed by atoms with Crippen LogP contribution in [0.5, 0.6) is 0 Å². The van der Waals surface area contributed by atoms with E-state index in [-0.39, 0.29) is 36.3 Å². The smallest absolute Gasteiger partial charge is 0.250 e. The van der Waals surface area contributed by atoms with Crippen molar-refractivity contribution in [2.24, 2.45) is 0 Å². The molecule has 0 bridgehead atoms. The van der Waals surface area contributed by atoms with E-state index in [1.54, 1.807) is 44.4 Å². The zero-order valence-corrected chi connectivity index (χ0v) is 14.6. The first-order valence-electron chi connectivity index (χ1n) is 7.26. The number of nitrogens with zero attached hydrogens (tertiary/aromatic N) is 2. The standard InChI is InChI=1S/C17H18BrFN2O2/c1-12(14-5-3-4-6-15(14)19)20(2)16(22)9-10-21-11-13(18)7-8-17(21)23/h3-8,11-12H,9-10H2,1-2H3. The van der Waals surface area contributed by atoms with Gasteiger partial charge in [0.25, 0.3) is 5.56 Å². The van der Waals surface area contributed by atoms with E-state index in [9.17, 15) is 14.0 Å². The molecule has 1 amide bonds. The number of aromatic nitrogens is 1. The Bertz CT molecular complexity index is 760. The summed E-state index contributed by atoms with van der Waals surface area (Å²) in [7, 11) is 1.64. The number of benzene rings is 1. The maximum Gasteiger partial charge on any atom is 0.250 e. The first-order valence-corrected chi connectivity index (χ1v) is 8.05. The first kappa shape index (κ1) is 17.4. The highest BCUT2D eigenvalue weighted by molar-refractivity contribution is 9.10. The van der Waals surface area contributed by atoms with Crippen molar-refractivity contribution in [1.82, 2.24) is 9.47 Å². The Hall–Kier alpha value is -1.95. The van der Waals surface area contributed by atoms with Crippen LogP contribution in [0.1, 0.15) is 24.9 Å². The van der Waals surface area contributed by atoms with Crippen LogP contribution in [0.4, 0.5) is 4.39 Å². The third-order valence-electron chi connectivity index (χ3n) is 3.84. The number of aryl methyl sites for hydroxylation is 1. The number of rotatable bonds is 5. The molecule has 23 heavy (non-hydrogen) atoms. The van der Waals surface area contributed by atoms with E-state index in [1.165, 1.54) is 21.6 Å². The van der Waals surface area contributed by atoms with E-state index in [0.717, 1.165) is 4.47 Å². The Morgan fingerprint density at radius 3 is 2.70 bits per heavy atom. The SMILES string of the molecule is CC(c1ccccc1F)N(C)C(=O)CCn1cc(Br)ccc1=O. The van der Waals surface area contributed by atoms with Gasteiger partial charge in [-0.15, -0.1) is 0 Å². The maximum absolute atomic E-state index is 13.8. The Balaban J connectivity index is 2.04. The van der Waals surface area contributed by atoms with Gasteiger partial charge in [-0.05, 0) is 35.0 Å². The van der Waals surface area contributed by atoms with Gasteiger partial charge in [0.15, 0.2) is 0 Å². The molecule has 0 saturated carbocycles. The molecular formula is C17H18BrFN2O2. The van der Waals surface area contributed by atoms with Crippen LogP contribution in [-0.2, 0) is 11.3 Å². The molecule has 1 aromatic heterocycles. The van der Waals surface area contributed by atoms with Crippen LogP contribution in [0, 0.1) is 5.82 Å². The van der Waals surface area contributed by atoms with E-state index in [2.05, 4.69) is 15.9 Å². The Morgan fingerprint density at radius 2 is 2.00 bits per heavy atom. The molecule has 0 N–H and O–H groups in total. The molecule has 1 heterocycles. The summed E-state index contributed by atoms with van der Waals surface area (Å²) in [4.78, 5) is 25.5. The molecule has 0 spiro atoms. The van der Waals surface area contributed by atoms with Crippen LogP contribution < -0.4 is 5.56 Å². The summed E-state index contributed by atoms with van der Waals surface area (Å²) in [6.07, 6.45) is 1.82. The van der Waals surface area contributed by atoms with Crippen LogP contribution in [0.15, 0.2) is 51.9 Å². The fraction of sp³-hybridized carbons (Fsp3) is 0.294. The highest BCUT2D eigenvalue weighted by atomic mass is 79.9. The molecular weight excluding hydrogens is 363 g/mol. The lowest BCUT2D eigenvalue weighted by molar-refractivity contribution is -0.132. The molecule has 1 unspecified atom stereocenters. The van der Waals surface area contributed by atoms with Crippen LogP contribution in [0.2, 0.25) is 0 Å². The summed E-state index contributed by atoms with van der Waals surface area (Å²) in [5, 5.41) is 0. The zero-order chi connectivity index (χ0) is 17.0. The molecule has 0 aliphatic heterocycles. The second kappa shape index (κ2) is 7.55. The van der Waals surface area contributed by atoms with Gasteiger partial charge in [0.1, 0.15) is 5.82 Å². The van der Waals surface area contributed by atoms with E-state index < -0.39 is 0 Å². The summed E-state index contributed by atoms with van der Waals surface area (Å²) in [5.41, 5.74) is 0.314. The summed E-state index contributed by atoms with van der Waals surface area (Å²) < 4.78 is 16.1. The van der Waals surface area contributed by atoms with Gasteiger partial charge in [0, 0.05) is 42.3 Å². The minimum absolute atomic E-state index is 0.146. The number of pyridine rings is 1. The van der Waals surface area contributed by atoms with Crippen LogP contribution >= 0.6 is 15.9 Å². The largest absolute Gasteiger partial charge is 0.339 e. The second-order valence-corrected chi connectivity index (χ2v) is 6.25. The van der Waals surface area contributed by atoms with E-state index in [4.69, 9.17) is 0 Å². The molecule has 122 valence electrons. The molecule has 4 nitrogen and oxygen atoms in total. The number of hydrogen-bond acceptors (Lipinski definition) is 2. The summed E-state index contributed by atoms with van der Waals surface area (Å²) in [6.45, 7) is 2.06. The minimum Gasteiger partial charge on any atom is -0.339 e. The van der Waals surface area contributed by atoms with Crippen molar-refractivity contribution in [3.05, 3.63) is 68.8 Å². The van der Waals surface area contributed by atoms with Gasteiger partial charge in [0.05, 0.1) is 6.04 Å². The van der Waals surface area contributed by atoms with E-state index in [1.807, 2.05) is 0 Å². The topological polar surface area (TPSA) is 42.3 Å². The second-order valence-electron chi connectivity index (χ2n) is 5.33. The van der Waals surface area contributed by atoms with Crippen LogP contribution in [0.25, 0.3) is 0 Å². The molecule has 1 atom stereocenters. The summed E-state index contributed by atoms with van der Waals surface area (Å²) >= 11 is 3.30. The van der Waals surface area contributed by atoms with Crippen molar-refractivity contribution in [1.29, 1.82) is 0 Å². The number of carbonyl (C=O) groups is 1. The molecule has 2 aromatic rings. The van der Waals surface area contributed by atoms with Gasteiger partial charge in [-0.2, -0.15) is 0 Å². The maximum atomic E-state index is 13.8. The average Bonchev–Trinajstić information content (AvgIpc) is 2.54. The summed E-state index contributed by atoms with van der Waals surface area (Å²) in [6, 6.07) is 9.14. The molecule has 0 aliphatic rings. The minimum atomic E-state index is -0.372. The van der Waals surface area contributed by atoms with Gasteiger partial charge in [-0.1, -0.05) is 18.2 Å². The highest BCUT2D eigenvalue weighted by Crippen LogP contribution is 2.22. The number of carbonyl (C=O) groups excluding carboxylic acids is 1. The van der Waals surface area contributed by atoms with Gasteiger partial charge in [-0.25, -0.2) is 4.39 Å². The molecule has 1 aromatic carbocycles. The predicted octanol–water partition coefficient (Wildman–Crippen LogP) is 3.36. The number of amides is 1. The van der Waals surface area contributed by atoms with Gasteiger partial charge in [-0.3, -0.25) is 9.59 Å². The molecule has 0 fully saturated rings. The van der Waals surface area contributed by atoms with Crippen molar-refractivity contribution >= 4 is 21.8 Å². The van der Waals surface area contributed by atoms with Crippen molar-refractivity contribution in [3.63, 3.8) is 0 Å². The lowest BCUT2D eigenvalue weighted by Crippen LogP contribution is -2.31. The van der Waals surface area contributed by atoms with Crippen molar-refractivity contribution in [2.45, 2.75) is 25.9 Å². The van der Waals surface area contributed by atoms with Gasteiger partial charge >= 0.3 is 0 Å². The lowest BCUT2D eigenvalue weighted by Gasteiger charge is -2.26. The van der Waals surface area contributed by atoms with E-state index >= 15 is 0 Å². The van der Waals surface area contributed by atoms with Gasteiger partial charge in [0.2, 0.25) is 5.91 Å². The van der Waals surface area contributed by atoms with Gasteiger partial charge < -0.3 is 9.47 Å². The quantitative estimate of drug-likeness (QED) is 0.797. The lowest BCUT2D eigenvalue weighted by atomic mass is 10.1. The predicted molar refractivity (Wildman–Crippen MR) is 90.6 cm³/mol. The molecule has 0 radical (unpaired) electrons. The first-order chi connectivity index (χ1) is 10.9.